The van der Waals surface area contributed by atoms with Crippen LogP contribution in [0.15, 0.2) is 71.3 Å². The molecule has 6 nitrogen and oxygen atoms in total. The summed E-state index contributed by atoms with van der Waals surface area (Å²) in [5.74, 6) is 2.37. The van der Waals surface area contributed by atoms with E-state index in [9.17, 15) is 4.79 Å². The Morgan fingerprint density at radius 3 is 2.42 bits per heavy atom. The highest BCUT2D eigenvalue weighted by Gasteiger charge is 2.23. The molecule has 0 radical (unpaired) electrons. The smallest absolute Gasteiger partial charge is 0.234 e. The number of nitrogens with one attached hydrogen (secondary N) is 2. The second kappa shape index (κ2) is 9.71. The van der Waals surface area contributed by atoms with E-state index in [1.807, 2.05) is 60.7 Å². The van der Waals surface area contributed by atoms with Gasteiger partial charge in [0.2, 0.25) is 5.91 Å². The number of hydrogen-bond acceptors (Lipinski definition) is 5. The third-order valence-corrected chi connectivity index (χ3v) is 5.34. The standard InChI is InChI=1S/C25H28N2O4/c1-17(2)24(19-10-11-20-22(15-19)31-14-13-30-20)27-23(28)16-26-25(21-9-6-12-29-21)18-7-4-3-5-8-18/h3-12,15,17,24-26H,13-14,16H2,1-2H3,(H,27,28)/t24-,25+/m1/s1. The van der Waals surface area contributed by atoms with Crippen LogP contribution in [-0.2, 0) is 4.79 Å². The van der Waals surface area contributed by atoms with Crippen LogP contribution in [0.25, 0.3) is 0 Å². The Labute approximate surface area is 182 Å². The van der Waals surface area contributed by atoms with Crippen molar-refractivity contribution < 1.29 is 18.7 Å². The van der Waals surface area contributed by atoms with Crippen molar-refractivity contribution in [2.24, 2.45) is 5.92 Å². The zero-order chi connectivity index (χ0) is 21.6. The van der Waals surface area contributed by atoms with E-state index >= 15 is 0 Å². The molecular weight excluding hydrogens is 392 g/mol. The second-order valence-electron chi connectivity index (χ2n) is 7.93. The molecule has 0 fully saturated rings. The van der Waals surface area contributed by atoms with E-state index in [1.54, 1.807) is 6.26 Å². The van der Waals surface area contributed by atoms with Gasteiger partial charge in [-0.3, -0.25) is 10.1 Å². The quantitative estimate of drug-likeness (QED) is 0.570. The minimum atomic E-state index is -0.200. The fourth-order valence-electron chi connectivity index (χ4n) is 3.79. The summed E-state index contributed by atoms with van der Waals surface area (Å²) in [6.07, 6.45) is 1.64. The van der Waals surface area contributed by atoms with E-state index in [0.29, 0.717) is 13.2 Å². The van der Waals surface area contributed by atoms with Gasteiger partial charge < -0.3 is 19.2 Å². The molecular formula is C25H28N2O4. The molecule has 0 aliphatic carbocycles. The maximum absolute atomic E-state index is 12.9. The summed E-state index contributed by atoms with van der Waals surface area (Å²) < 4.78 is 16.9. The molecule has 1 aromatic heterocycles. The van der Waals surface area contributed by atoms with Gasteiger partial charge in [-0.25, -0.2) is 0 Å². The molecule has 1 amide bonds. The third kappa shape index (κ3) is 5.09. The van der Waals surface area contributed by atoms with Crippen LogP contribution in [0.2, 0.25) is 0 Å². The zero-order valence-corrected chi connectivity index (χ0v) is 17.8. The number of ether oxygens (including phenoxy) is 2. The lowest BCUT2D eigenvalue weighted by atomic mass is 9.95. The fourth-order valence-corrected chi connectivity index (χ4v) is 3.79. The van der Waals surface area contributed by atoms with Gasteiger partial charge >= 0.3 is 0 Å². The van der Waals surface area contributed by atoms with E-state index < -0.39 is 0 Å². The van der Waals surface area contributed by atoms with Crippen LogP contribution < -0.4 is 20.1 Å². The summed E-state index contributed by atoms with van der Waals surface area (Å²) in [5, 5.41) is 6.50. The minimum absolute atomic E-state index is 0.0823. The first kappa shape index (κ1) is 21.0. The normalized spacial score (nSPS) is 14.8. The summed E-state index contributed by atoms with van der Waals surface area (Å²) in [6.45, 7) is 5.43. The first-order chi connectivity index (χ1) is 15.1. The highest BCUT2D eigenvalue weighted by molar-refractivity contribution is 5.78. The lowest BCUT2D eigenvalue weighted by Gasteiger charge is -2.26. The van der Waals surface area contributed by atoms with Crippen molar-refractivity contribution in [1.82, 2.24) is 10.6 Å². The Hall–Kier alpha value is -3.25. The van der Waals surface area contributed by atoms with Gasteiger partial charge in [0.05, 0.1) is 24.9 Å². The van der Waals surface area contributed by atoms with Crippen LogP contribution >= 0.6 is 0 Å². The van der Waals surface area contributed by atoms with Crippen molar-refractivity contribution >= 4 is 5.91 Å². The van der Waals surface area contributed by atoms with Crippen molar-refractivity contribution in [2.75, 3.05) is 19.8 Å². The minimum Gasteiger partial charge on any atom is -0.486 e. The Balaban J connectivity index is 1.44. The molecule has 3 aromatic rings. The molecule has 2 atom stereocenters. The van der Waals surface area contributed by atoms with Gasteiger partial charge in [-0.05, 0) is 41.3 Å². The molecule has 6 heteroatoms. The lowest BCUT2D eigenvalue weighted by Crippen LogP contribution is -2.39. The van der Waals surface area contributed by atoms with Crippen LogP contribution in [0.5, 0.6) is 11.5 Å². The molecule has 2 heterocycles. The van der Waals surface area contributed by atoms with Gasteiger partial charge in [0.15, 0.2) is 11.5 Å². The van der Waals surface area contributed by atoms with Crippen molar-refractivity contribution in [1.29, 1.82) is 0 Å². The summed E-state index contributed by atoms with van der Waals surface area (Å²) in [7, 11) is 0. The van der Waals surface area contributed by atoms with E-state index in [4.69, 9.17) is 13.9 Å². The van der Waals surface area contributed by atoms with Crippen LogP contribution in [-0.4, -0.2) is 25.7 Å². The first-order valence-corrected chi connectivity index (χ1v) is 10.6. The molecule has 0 unspecified atom stereocenters. The Bertz CT molecular complexity index is 986. The van der Waals surface area contributed by atoms with E-state index in [2.05, 4.69) is 24.5 Å². The van der Waals surface area contributed by atoms with Gasteiger partial charge in [-0.1, -0.05) is 50.2 Å². The Kier molecular flexibility index (Phi) is 6.57. The van der Waals surface area contributed by atoms with E-state index in [-0.39, 0.29) is 30.5 Å². The second-order valence-corrected chi connectivity index (χ2v) is 7.93. The monoisotopic (exact) mass is 420 g/mol. The molecule has 162 valence electrons. The van der Waals surface area contributed by atoms with Gasteiger partial charge in [-0.2, -0.15) is 0 Å². The SMILES string of the molecule is CC(C)[C@@H](NC(=O)CN[C@@H](c1ccccc1)c1ccco1)c1ccc2c(c1)OCCO2. The zero-order valence-electron chi connectivity index (χ0n) is 17.8. The fraction of sp³-hybridized carbons (Fsp3) is 0.320. The lowest BCUT2D eigenvalue weighted by molar-refractivity contribution is -0.121. The maximum atomic E-state index is 12.9. The molecule has 4 rings (SSSR count). The predicted octanol–water partition coefficient (Wildman–Crippen LogP) is 4.24. The number of hydrogen-bond donors (Lipinski definition) is 2. The number of amides is 1. The van der Waals surface area contributed by atoms with Crippen molar-refractivity contribution in [3.8, 4) is 11.5 Å². The third-order valence-electron chi connectivity index (χ3n) is 5.34. The summed E-state index contributed by atoms with van der Waals surface area (Å²) in [6, 6.07) is 19.2. The molecule has 2 N–H and O–H groups in total. The molecule has 1 aliphatic heterocycles. The van der Waals surface area contributed by atoms with Crippen molar-refractivity contribution in [2.45, 2.75) is 25.9 Å². The predicted molar refractivity (Wildman–Crippen MR) is 118 cm³/mol. The Morgan fingerprint density at radius 1 is 0.935 bits per heavy atom. The van der Waals surface area contributed by atoms with Crippen LogP contribution in [0.1, 0.15) is 42.8 Å². The van der Waals surface area contributed by atoms with Gasteiger partial charge in [0.1, 0.15) is 19.0 Å². The molecule has 0 saturated carbocycles. The summed E-state index contributed by atoms with van der Waals surface area (Å²) in [5.41, 5.74) is 2.04. The topological polar surface area (TPSA) is 72.7 Å². The van der Waals surface area contributed by atoms with Crippen molar-refractivity contribution in [3.05, 3.63) is 83.8 Å². The number of rotatable bonds is 8. The first-order valence-electron chi connectivity index (χ1n) is 10.6. The molecule has 1 aliphatic rings. The molecule has 2 aromatic carbocycles. The summed E-state index contributed by atoms with van der Waals surface area (Å²) >= 11 is 0. The van der Waals surface area contributed by atoms with E-state index in [0.717, 1.165) is 28.4 Å². The van der Waals surface area contributed by atoms with Gasteiger partial charge in [-0.15, -0.1) is 0 Å². The number of fused-ring (bicyclic) bond motifs is 1. The van der Waals surface area contributed by atoms with Gasteiger partial charge in [0, 0.05) is 0 Å². The highest BCUT2D eigenvalue weighted by Crippen LogP contribution is 2.34. The number of benzene rings is 2. The molecule has 31 heavy (non-hydrogen) atoms. The molecule has 0 bridgehead atoms. The largest absolute Gasteiger partial charge is 0.486 e. The number of furan rings is 1. The van der Waals surface area contributed by atoms with Crippen molar-refractivity contribution in [3.63, 3.8) is 0 Å². The van der Waals surface area contributed by atoms with Gasteiger partial charge in [0.25, 0.3) is 0 Å². The average molecular weight is 421 g/mol. The Morgan fingerprint density at radius 2 is 1.71 bits per heavy atom. The summed E-state index contributed by atoms with van der Waals surface area (Å²) in [4.78, 5) is 12.9. The van der Waals surface area contributed by atoms with Crippen LogP contribution in [0.4, 0.5) is 0 Å². The molecule has 0 spiro atoms. The highest BCUT2D eigenvalue weighted by atomic mass is 16.6. The molecule has 0 saturated heterocycles. The van der Waals surface area contributed by atoms with Crippen LogP contribution in [0, 0.1) is 5.92 Å². The maximum Gasteiger partial charge on any atom is 0.234 e. The van der Waals surface area contributed by atoms with Crippen LogP contribution in [0.3, 0.4) is 0 Å². The van der Waals surface area contributed by atoms with E-state index in [1.165, 1.54) is 0 Å². The number of carbonyl (C=O) groups is 1. The number of carbonyl (C=O) groups excluding carboxylic acids is 1. The average Bonchev–Trinajstić information content (AvgIpc) is 3.32.